The summed E-state index contributed by atoms with van der Waals surface area (Å²) >= 11 is 0. The number of nitrogens with zero attached hydrogens (tertiary/aromatic N) is 4. The fraction of sp³-hybridized carbons (Fsp3) is 0.500. The highest BCUT2D eigenvalue weighted by Crippen LogP contribution is 2.32. The van der Waals surface area contributed by atoms with Crippen LogP contribution in [0.5, 0.6) is 0 Å². The lowest BCUT2D eigenvalue weighted by atomic mass is 9.97. The van der Waals surface area contributed by atoms with Crippen molar-refractivity contribution >= 4 is 0 Å². The van der Waals surface area contributed by atoms with Crippen molar-refractivity contribution in [1.82, 2.24) is 19.6 Å². The van der Waals surface area contributed by atoms with Crippen LogP contribution in [0.15, 0.2) is 72.8 Å². The molecule has 7 rings (SSSR count). The Morgan fingerprint density at radius 3 is 0.750 bits per heavy atom. The summed E-state index contributed by atoms with van der Waals surface area (Å²) in [5.41, 5.74) is 7.68. The fourth-order valence-electron chi connectivity index (χ4n) is 7.14. The second-order valence-electron chi connectivity index (χ2n) is 12.2. The SMILES string of the molecule is c1cc(-c2ccc(C(N3CCOCC3)N3CCOCC3)cc2)ccc1-c1ccc(C(N2CCOCC2)N2CCOCC2)cc1. The van der Waals surface area contributed by atoms with Crippen LogP contribution in [0.25, 0.3) is 22.3 Å². The maximum Gasteiger partial charge on any atom is 0.0889 e. The van der Waals surface area contributed by atoms with Gasteiger partial charge in [0.05, 0.1) is 65.2 Å². The zero-order valence-electron chi connectivity index (χ0n) is 25.8. The molecule has 4 saturated heterocycles. The second-order valence-corrected chi connectivity index (χ2v) is 12.2. The van der Waals surface area contributed by atoms with E-state index in [1.54, 1.807) is 0 Å². The number of morpholine rings is 4. The van der Waals surface area contributed by atoms with Crippen molar-refractivity contribution in [3.05, 3.63) is 83.9 Å². The Morgan fingerprint density at radius 1 is 0.318 bits per heavy atom. The molecule has 8 heteroatoms. The molecule has 8 nitrogen and oxygen atoms in total. The number of rotatable bonds is 8. The van der Waals surface area contributed by atoms with Crippen molar-refractivity contribution in [2.75, 3.05) is 105 Å². The molecule has 0 saturated carbocycles. The van der Waals surface area contributed by atoms with Crippen LogP contribution < -0.4 is 0 Å². The van der Waals surface area contributed by atoms with Crippen LogP contribution in [-0.4, -0.2) is 125 Å². The number of hydrogen-bond acceptors (Lipinski definition) is 8. The Morgan fingerprint density at radius 2 is 0.523 bits per heavy atom. The first kappa shape index (κ1) is 30.0. The lowest BCUT2D eigenvalue weighted by Gasteiger charge is -2.43. The van der Waals surface area contributed by atoms with Gasteiger partial charge in [-0.25, -0.2) is 0 Å². The van der Waals surface area contributed by atoms with Gasteiger partial charge in [-0.05, 0) is 33.4 Å². The maximum absolute atomic E-state index is 5.66. The monoisotopic (exact) mass is 598 g/mol. The van der Waals surface area contributed by atoms with E-state index < -0.39 is 0 Å². The quantitative estimate of drug-likeness (QED) is 0.380. The molecule has 4 fully saturated rings. The molecule has 0 aromatic heterocycles. The van der Waals surface area contributed by atoms with Crippen molar-refractivity contribution in [2.24, 2.45) is 0 Å². The van der Waals surface area contributed by atoms with Crippen molar-refractivity contribution < 1.29 is 18.9 Å². The predicted molar refractivity (Wildman–Crippen MR) is 172 cm³/mol. The summed E-state index contributed by atoms with van der Waals surface area (Å²) in [5, 5.41) is 0. The van der Waals surface area contributed by atoms with Gasteiger partial charge in [-0.1, -0.05) is 72.8 Å². The van der Waals surface area contributed by atoms with Crippen molar-refractivity contribution in [2.45, 2.75) is 12.3 Å². The van der Waals surface area contributed by atoms with Gasteiger partial charge in [0.25, 0.3) is 0 Å². The van der Waals surface area contributed by atoms with E-state index >= 15 is 0 Å². The van der Waals surface area contributed by atoms with Crippen molar-refractivity contribution in [3.8, 4) is 22.3 Å². The van der Waals surface area contributed by atoms with E-state index in [9.17, 15) is 0 Å². The fourth-order valence-corrected chi connectivity index (χ4v) is 7.14. The first-order valence-corrected chi connectivity index (χ1v) is 16.4. The van der Waals surface area contributed by atoms with Gasteiger partial charge in [-0.3, -0.25) is 19.6 Å². The van der Waals surface area contributed by atoms with Crippen LogP contribution in [0.3, 0.4) is 0 Å². The summed E-state index contributed by atoms with van der Waals surface area (Å²) in [6.07, 6.45) is 0.543. The molecule has 4 aliphatic rings. The lowest BCUT2D eigenvalue weighted by molar-refractivity contribution is -0.0676. The average molecular weight is 599 g/mol. The molecule has 0 bridgehead atoms. The third-order valence-electron chi connectivity index (χ3n) is 9.54. The Kier molecular flexibility index (Phi) is 9.98. The molecule has 0 unspecified atom stereocenters. The molecule has 0 N–H and O–H groups in total. The highest BCUT2D eigenvalue weighted by atomic mass is 16.5. The van der Waals surface area contributed by atoms with Gasteiger partial charge in [-0.15, -0.1) is 0 Å². The minimum absolute atomic E-state index is 0.272. The molecule has 0 amide bonds. The molecule has 4 aliphatic heterocycles. The Balaban J connectivity index is 1.06. The van der Waals surface area contributed by atoms with Gasteiger partial charge in [-0.2, -0.15) is 0 Å². The minimum Gasteiger partial charge on any atom is -0.379 e. The topological polar surface area (TPSA) is 49.9 Å². The summed E-state index contributed by atoms with van der Waals surface area (Å²) in [6, 6.07) is 27.4. The molecular formula is C36H46N4O4. The highest BCUT2D eigenvalue weighted by molar-refractivity contribution is 5.70. The van der Waals surface area contributed by atoms with E-state index in [2.05, 4.69) is 92.4 Å². The van der Waals surface area contributed by atoms with E-state index in [0.29, 0.717) is 0 Å². The van der Waals surface area contributed by atoms with E-state index in [1.165, 1.54) is 33.4 Å². The van der Waals surface area contributed by atoms with Crippen LogP contribution in [0.2, 0.25) is 0 Å². The van der Waals surface area contributed by atoms with E-state index in [0.717, 1.165) is 105 Å². The van der Waals surface area contributed by atoms with Crippen LogP contribution in [-0.2, 0) is 18.9 Å². The van der Waals surface area contributed by atoms with Crippen molar-refractivity contribution in [3.63, 3.8) is 0 Å². The first-order valence-electron chi connectivity index (χ1n) is 16.4. The van der Waals surface area contributed by atoms with Gasteiger partial charge in [0.1, 0.15) is 0 Å². The molecule has 0 radical (unpaired) electrons. The molecule has 234 valence electrons. The number of benzene rings is 3. The van der Waals surface area contributed by atoms with Gasteiger partial charge in [0.15, 0.2) is 0 Å². The largest absolute Gasteiger partial charge is 0.379 e. The molecular weight excluding hydrogens is 552 g/mol. The summed E-state index contributed by atoms with van der Waals surface area (Å²) in [7, 11) is 0. The number of ether oxygens (including phenoxy) is 4. The summed E-state index contributed by atoms with van der Waals surface area (Å²) in [6.45, 7) is 14.1. The molecule has 3 aromatic carbocycles. The molecule has 0 atom stereocenters. The maximum atomic E-state index is 5.66. The zero-order chi connectivity index (χ0) is 29.6. The van der Waals surface area contributed by atoms with Gasteiger partial charge in [0.2, 0.25) is 0 Å². The second kappa shape index (κ2) is 14.6. The molecule has 0 spiro atoms. The van der Waals surface area contributed by atoms with Crippen LogP contribution >= 0.6 is 0 Å². The summed E-state index contributed by atoms with van der Waals surface area (Å²) in [4.78, 5) is 10.3. The van der Waals surface area contributed by atoms with Crippen LogP contribution in [0, 0.1) is 0 Å². The third kappa shape index (κ3) is 6.93. The van der Waals surface area contributed by atoms with E-state index in [4.69, 9.17) is 18.9 Å². The predicted octanol–water partition coefficient (Wildman–Crippen LogP) is 4.35. The normalized spacial score (nSPS) is 21.7. The van der Waals surface area contributed by atoms with E-state index in [-0.39, 0.29) is 12.3 Å². The van der Waals surface area contributed by atoms with Crippen LogP contribution in [0.4, 0.5) is 0 Å². The molecule has 3 aromatic rings. The minimum atomic E-state index is 0.272. The Labute approximate surface area is 262 Å². The first-order chi connectivity index (χ1) is 21.8. The Bertz CT molecular complexity index is 1160. The zero-order valence-corrected chi connectivity index (χ0v) is 25.8. The molecule has 44 heavy (non-hydrogen) atoms. The lowest BCUT2D eigenvalue weighted by Crippen LogP contribution is -2.50. The Hall–Kier alpha value is -2.66. The highest BCUT2D eigenvalue weighted by Gasteiger charge is 2.31. The number of hydrogen-bond donors (Lipinski definition) is 0. The standard InChI is InChI=1S/C36H46N4O4/c1-2-30(32-7-11-34(12-8-32)36(39-17-25-43-26-18-39)40-19-27-44-28-20-40)4-3-29(1)31-5-9-33(10-6-31)35(37-13-21-41-22-14-37)38-15-23-42-24-16-38/h1-12,35-36H,13-28H2. The van der Waals surface area contributed by atoms with Gasteiger partial charge in [0, 0.05) is 52.4 Å². The van der Waals surface area contributed by atoms with Gasteiger partial charge >= 0.3 is 0 Å². The summed E-state index contributed by atoms with van der Waals surface area (Å²) < 4.78 is 22.6. The molecule has 4 heterocycles. The summed E-state index contributed by atoms with van der Waals surface area (Å²) in [5.74, 6) is 0. The van der Waals surface area contributed by atoms with Gasteiger partial charge < -0.3 is 18.9 Å². The van der Waals surface area contributed by atoms with Crippen LogP contribution in [0.1, 0.15) is 23.5 Å². The average Bonchev–Trinajstić information content (AvgIpc) is 3.11. The third-order valence-corrected chi connectivity index (χ3v) is 9.54. The van der Waals surface area contributed by atoms with E-state index in [1.807, 2.05) is 0 Å². The molecule has 0 aliphatic carbocycles. The van der Waals surface area contributed by atoms with Crippen molar-refractivity contribution in [1.29, 1.82) is 0 Å². The smallest absolute Gasteiger partial charge is 0.0889 e.